The molecule has 0 radical (unpaired) electrons. The zero-order chi connectivity index (χ0) is 15.5. The van der Waals surface area contributed by atoms with Crippen LogP contribution < -0.4 is 0 Å². The molecule has 0 amide bonds. The molecule has 0 bridgehead atoms. The lowest BCUT2D eigenvalue weighted by molar-refractivity contribution is -0.0343. The smallest absolute Gasteiger partial charge is 0.0958 e. The van der Waals surface area contributed by atoms with Crippen molar-refractivity contribution < 1.29 is 4.74 Å². The number of fused-ring (bicyclic) bond motifs is 5. The van der Waals surface area contributed by atoms with Crippen LogP contribution in [0.3, 0.4) is 0 Å². The van der Waals surface area contributed by atoms with E-state index < -0.39 is 0 Å². The van der Waals surface area contributed by atoms with E-state index in [0.717, 1.165) is 30.1 Å². The summed E-state index contributed by atoms with van der Waals surface area (Å²) in [5.41, 5.74) is 2.63. The molecule has 0 saturated heterocycles. The van der Waals surface area contributed by atoms with Gasteiger partial charge in [-0.1, -0.05) is 34.3 Å². The standard InChI is InChI=1S/C21H32O.CH4/c1-14-5-8-18-17-7-6-15-13-16(22-4)9-11-21(15,3)19(17)10-12-20(14,18)2;/h6,13-14,17-19H,5,7-12H2,1-4H3;1H4/t14-,17?,18?,19?,20+,21-;/m0./s1. The molecule has 0 aromatic heterocycles. The molecule has 2 fully saturated rings. The van der Waals surface area contributed by atoms with Crippen LogP contribution in [0.25, 0.3) is 0 Å². The Morgan fingerprint density at radius 3 is 2.61 bits per heavy atom. The summed E-state index contributed by atoms with van der Waals surface area (Å²) >= 11 is 0. The number of methoxy groups -OCH3 is 1. The van der Waals surface area contributed by atoms with Gasteiger partial charge in [-0.15, -0.1) is 0 Å². The van der Waals surface area contributed by atoms with Crippen LogP contribution in [0.4, 0.5) is 0 Å². The van der Waals surface area contributed by atoms with E-state index in [1.54, 1.807) is 5.57 Å². The second-order valence-electron chi connectivity index (χ2n) is 9.03. The summed E-state index contributed by atoms with van der Waals surface area (Å²) in [5.74, 6) is 4.95. The van der Waals surface area contributed by atoms with E-state index in [1.807, 2.05) is 7.11 Å². The van der Waals surface area contributed by atoms with Gasteiger partial charge in [0.15, 0.2) is 0 Å². The molecule has 1 nitrogen and oxygen atoms in total. The minimum absolute atomic E-state index is 0. The first kappa shape index (κ1) is 17.1. The first-order chi connectivity index (χ1) is 10.5. The largest absolute Gasteiger partial charge is 0.501 e. The highest BCUT2D eigenvalue weighted by Gasteiger charge is 2.57. The Bertz CT molecular complexity index is 530. The van der Waals surface area contributed by atoms with Gasteiger partial charge in [-0.05, 0) is 84.7 Å². The molecule has 130 valence electrons. The summed E-state index contributed by atoms with van der Waals surface area (Å²) in [7, 11) is 1.83. The van der Waals surface area contributed by atoms with Gasteiger partial charge in [0.1, 0.15) is 0 Å². The summed E-state index contributed by atoms with van der Waals surface area (Å²) in [6, 6.07) is 0. The molecule has 0 spiro atoms. The van der Waals surface area contributed by atoms with Crippen molar-refractivity contribution >= 4 is 0 Å². The van der Waals surface area contributed by atoms with Crippen molar-refractivity contribution in [3.8, 4) is 0 Å². The highest BCUT2D eigenvalue weighted by molar-refractivity contribution is 5.35. The average Bonchev–Trinajstić information content (AvgIpc) is 2.82. The van der Waals surface area contributed by atoms with Crippen molar-refractivity contribution in [3.63, 3.8) is 0 Å². The molecule has 4 aliphatic rings. The average molecular weight is 317 g/mol. The summed E-state index contributed by atoms with van der Waals surface area (Å²) in [5, 5.41) is 0. The van der Waals surface area contributed by atoms with Crippen molar-refractivity contribution in [1.29, 1.82) is 0 Å². The zero-order valence-electron chi connectivity index (χ0n) is 14.8. The van der Waals surface area contributed by atoms with Crippen molar-refractivity contribution in [1.82, 2.24) is 0 Å². The molecule has 2 saturated carbocycles. The lowest BCUT2D eigenvalue weighted by Gasteiger charge is -2.57. The maximum Gasteiger partial charge on any atom is 0.0958 e. The molecule has 0 aromatic rings. The Morgan fingerprint density at radius 1 is 1.09 bits per heavy atom. The Balaban J connectivity index is 0.00000156. The first-order valence-corrected chi connectivity index (χ1v) is 9.44. The van der Waals surface area contributed by atoms with Gasteiger partial charge in [0.05, 0.1) is 12.9 Å². The van der Waals surface area contributed by atoms with E-state index in [0.29, 0.717) is 10.8 Å². The molecule has 0 aromatic carbocycles. The fourth-order valence-corrected chi connectivity index (χ4v) is 6.72. The van der Waals surface area contributed by atoms with Crippen molar-refractivity contribution in [2.75, 3.05) is 7.11 Å². The summed E-state index contributed by atoms with van der Waals surface area (Å²) in [6.07, 6.45) is 14.5. The Kier molecular flexibility index (Phi) is 4.22. The Morgan fingerprint density at radius 2 is 1.87 bits per heavy atom. The van der Waals surface area contributed by atoms with Crippen molar-refractivity contribution in [2.45, 2.75) is 73.1 Å². The molecular formula is C22H36O. The molecule has 6 atom stereocenters. The van der Waals surface area contributed by atoms with Crippen LogP contribution in [0.1, 0.15) is 73.1 Å². The SMILES string of the molecule is C.COC1=CC2=CCC3C(CC[C@@]4(C)C3CC[C@@H]4C)[C@@]2(C)CC1. The normalized spacial score (nSPS) is 48.2. The third kappa shape index (κ3) is 2.25. The molecule has 23 heavy (non-hydrogen) atoms. The second kappa shape index (κ2) is 5.67. The predicted octanol–water partition coefficient (Wildman–Crippen LogP) is 6.36. The fourth-order valence-electron chi connectivity index (χ4n) is 6.72. The van der Waals surface area contributed by atoms with Gasteiger partial charge in [-0.25, -0.2) is 0 Å². The monoisotopic (exact) mass is 316 g/mol. The van der Waals surface area contributed by atoms with Gasteiger partial charge < -0.3 is 4.74 Å². The number of rotatable bonds is 1. The molecule has 3 unspecified atom stereocenters. The Hall–Kier alpha value is -0.720. The lowest BCUT2D eigenvalue weighted by atomic mass is 9.48. The Labute approximate surface area is 143 Å². The van der Waals surface area contributed by atoms with Crippen LogP contribution in [0.15, 0.2) is 23.5 Å². The maximum absolute atomic E-state index is 5.54. The highest BCUT2D eigenvalue weighted by atomic mass is 16.5. The molecule has 4 rings (SSSR count). The van der Waals surface area contributed by atoms with Crippen LogP contribution in [0, 0.1) is 34.5 Å². The number of ether oxygens (including phenoxy) is 1. The number of allylic oxidation sites excluding steroid dienone is 4. The van der Waals surface area contributed by atoms with Gasteiger partial charge in [-0.3, -0.25) is 0 Å². The molecular weight excluding hydrogens is 280 g/mol. The topological polar surface area (TPSA) is 9.23 Å². The quantitative estimate of drug-likeness (QED) is 0.547. The molecule has 0 N–H and O–H groups in total. The van der Waals surface area contributed by atoms with E-state index in [-0.39, 0.29) is 7.43 Å². The lowest BCUT2D eigenvalue weighted by Crippen LogP contribution is -2.49. The molecule has 0 aliphatic heterocycles. The van der Waals surface area contributed by atoms with Crippen molar-refractivity contribution in [3.05, 3.63) is 23.5 Å². The molecule has 4 aliphatic carbocycles. The van der Waals surface area contributed by atoms with Crippen LogP contribution in [0.2, 0.25) is 0 Å². The summed E-state index contributed by atoms with van der Waals surface area (Å²) in [6.45, 7) is 7.68. The third-order valence-corrected chi connectivity index (χ3v) is 8.47. The number of hydrogen-bond acceptors (Lipinski definition) is 1. The van der Waals surface area contributed by atoms with Crippen LogP contribution in [0.5, 0.6) is 0 Å². The van der Waals surface area contributed by atoms with Gasteiger partial charge in [0.25, 0.3) is 0 Å². The van der Waals surface area contributed by atoms with Crippen molar-refractivity contribution in [2.24, 2.45) is 34.5 Å². The summed E-state index contributed by atoms with van der Waals surface area (Å²) < 4.78 is 5.54. The van der Waals surface area contributed by atoms with E-state index in [9.17, 15) is 0 Å². The molecule has 1 heteroatoms. The van der Waals surface area contributed by atoms with Gasteiger partial charge in [-0.2, -0.15) is 0 Å². The minimum atomic E-state index is 0. The summed E-state index contributed by atoms with van der Waals surface area (Å²) in [4.78, 5) is 0. The van der Waals surface area contributed by atoms with Crippen LogP contribution in [-0.4, -0.2) is 7.11 Å². The van der Waals surface area contributed by atoms with E-state index in [1.165, 1.54) is 44.3 Å². The van der Waals surface area contributed by atoms with E-state index in [4.69, 9.17) is 4.74 Å². The second-order valence-corrected chi connectivity index (χ2v) is 9.03. The maximum atomic E-state index is 5.54. The van der Waals surface area contributed by atoms with E-state index in [2.05, 4.69) is 32.9 Å². The zero-order valence-corrected chi connectivity index (χ0v) is 14.8. The molecule has 0 heterocycles. The van der Waals surface area contributed by atoms with Crippen LogP contribution in [-0.2, 0) is 4.74 Å². The predicted molar refractivity (Wildman–Crippen MR) is 98.1 cm³/mol. The first-order valence-electron chi connectivity index (χ1n) is 9.44. The number of hydrogen-bond donors (Lipinski definition) is 0. The minimum Gasteiger partial charge on any atom is -0.501 e. The third-order valence-electron chi connectivity index (χ3n) is 8.47. The van der Waals surface area contributed by atoms with E-state index >= 15 is 0 Å². The van der Waals surface area contributed by atoms with Gasteiger partial charge in [0.2, 0.25) is 0 Å². The van der Waals surface area contributed by atoms with Gasteiger partial charge >= 0.3 is 0 Å². The van der Waals surface area contributed by atoms with Crippen LogP contribution >= 0.6 is 0 Å². The highest BCUT2D eigenvalue weighted by Crippen LogP contribution is 2.65. The van der Waals surface area contributed by atoms with Gasteiger partial charge in [0, 0.05) is 6.42 Å². The fraction of sp³-hybridized carbons (Fsp3) is 0.818.